The average Bonchev–Trinajstić information content (AvgIpc) is 2.81. The fourth-order valence-corrected chi connectivity index (χ4v) is 1.71. The highest BCUT2D eigenvalue weighted by Crippen LogP contribution is 2.08. The molecule has 102 valence electrons. The summed E-state index contributed by atoms with van der Waals surface area (Å²) < 4.78 is 2.99. The van der Waals surface area contributed by atoms with Crippen LogP contribution in [0.5, 0.6) is 0 Å². The van der Waals surface area contributed by atoms with Gasteiger partial charge in [-0.3, -0.25) is 14.3 Å². The number of nitrogens with zero attached hydrogens (tertiary/aromatic N) is 4. The summed E-state index contributed by atoms with van der Waals surface area (Å²) in [4.78, 5) is 25.5. The van der Waals surface area contributed by atoms with E-state index in [1.54, 1.807) is 17.1 Å². The molecule has 0 spiro atoms. The van der Waals surface area contributed by atoms with Crippen LogP contribution in [-0.4, -0.2) is 24.5 Å². The second-order valence-corrected chi connectivity index (χ2v) is 4.72. The zero-order valence-electron chi connectivity index (χ0n) is 11.3. The van der Waals surface area contributed by atoms with Crippen molar-refractivity contribution < 1.29 is 0 Å². The SMILES string of the molecule is CCc1cn(Cn2cc(C(C)C)nn2)c(=O)[nH]c1=O. The van der Waals surface area contributed by atoms with Crippen LogP contribution in [0.1, 0.15) is 37.9 Å². The zero-order chi connectivity index (χ0) is 14.0. The summed E-state index contributed by atoms with van der Waals surface area (Å²) in [6.07, 6.45) is 3.94. The Balaban J connectivity index is 2.32. The maximum absolute atomic E-state index is 11.7. The molecule has 2 aromatic rings. The Kier molecular flexibility index (Phi) is 3.64. The fraction of sp³-hybridized carbons (Fsp3) is 0.500. The first kappa shape index (κ1) is 13.3. The van der Waals surface area contributed by atoms with Crippen molar-refractivity contribution in [2.24, 2.45) is 0 Å². The molecule has 0 radical (unpaired) electrons. The van der Waals surface area contributed by atoms with Crippen molar-refractivity contribution >= 4 is 0 Å². The van der Waals surface area contributed by atoms with Gasteiger partial charge in [0.25, 0.3) is 5.56 Å². The maximum Gasteiger partial charge on any atom is 0.329 e. The van der Waals surface area contributed by atoms with Gasteiger partial charge in [0.1, 0.15) is 6.67 Å². The van der Waals surface area contributed by atoms with Gasteiger partial charge in [-0.2, -0.15) is 0 Å². The van der Waals surface area contributed by atoms with Crippen LogP contribution < -0.4 is 11.2 Å². The molecule has 7 heteroatoms. The van der Waals surface area contributed by atoms with Gasteiger partial charge in [0, 0.05) is 11.8 Å². The molecule has 0 bridgehead atoms. The third kappa shape index (κ3) is 2.81. The van der Waals surface area contributed by atoms with Gasteiger partial charge in [-0.15, -0.1) is 5.10 Å². The molecule has 0 aliphatic heterocycles. The first-order valence-electron chi connectivity index (χ1n) is 6.24. The summed E-state index contributed by atoms with van der Waals surface area (Å²) in [6, 6.07) is 0. The number of aromatic amines is 1. The van der Waals surface area contributed by atoms with E-state index in [2.05, 4.69) is 15.3 Å². The first-order chi connectivity index (χ1) is 9.01. The molecule has 2 heterocycles. The van der Waals surface area contributed by atoms with E-state index in [-0.39, 0.29) is 18.1 Å². The van der Waals surface area contributed by atoms with Crippen LogP contribution in [0.4, 0.5) is 0 Å². The standard InChI is InChI=1S/C12H17N5O2/c1-4-9-5-16(12(19)13-11(9)18)7-17-6-10(8(2)3)14-15-17/h5-6,8H,4,7H2,1-3H3,(H,13,18,19). The van der Waals surface area contributed by atoms with E-state index in [1.165, 1.54) is 4.57 Å². The van der Waals surface area contributed by atoms with Gasteiger partial charge in [-0.05, 0) is 12.3 Å². The number of hydrogen-bond acceptors (Lipinski definition) is 4. The van der Waals surface area contributed by atoms with Crippen molar-refractivity contribution in [3.63, 3.8) is 0 Å². The van der Waals surface area contributed by atoms with E-state index >= 15 is 0 Å². The third-order valence-corrected chi connectivity index (χ3v) is 2.91. The summed E-state index contributed by atoms with van der Waals surface area (Å²) >= 11 is 0. The Labute approximate surface area is 109 Å². The Bertz CT molecular complexity index is 680. The predicted molar refractivity (Wildman–Crippen MR) is 70.2 cm³/mol. The molecule has 0 saturated heterocycles. The monoisotopic (exact) mass is 263 g/mol. The molecule has 7 nitrogen and oxygen atoms in total. The highest BCUT2D eigenvalue weighted by atomic mass is 16.2. The van der Waals surface area contributed by atoms with Gasteiger partial charge in [-0.25, -0.2) is 9.48 Å². The number of nitrogens with one attached hydrogen (secondary N) is 1. The van der Waals surface area contributed by atoms with Gasteiger partial charge < -0.3 is 0 Å². The lowest BCUT2D eigenvalue weighted by Crippen LogP contribution is -2.33. The molecule has 0 aliphatic carbocycles. The van der Waals surface area contributed by atoms with Crippen LogP contribution >= 0.6 is 0 Å². The molecular weight excluding hydrogens is 246 g/mol. The number of aromatic nitrogens is 5. The third-order valence-electron chi connectivity index (χ3n) is 2.91. The quantitative estimate of drug-likeness (QED) is 0.860. The lowest BCUT2D eigenvalue weighted by Gasteiger charge is -2.06. The number of hydrogen-bond donors (Lipinski definition) is 1. The zero-order valence-corrected chi connectivity index (χ0v) is 11.3. The molecule has 0 fully saturated rings. The minimum Gasteiger partial charge on any atom is -0.280 e. The Morgan fingerprint density at radius 3 is 2.63 bits per heavy atom. The van der Waals surface area contributed by atoms with Crippen LogP contribution in [0.25, 0.3) is 0 Å². The normalized spacial score (nSPS) is 11.2. The van der Waals surface area contributed by atoms with Crippen molar-refractivity contribution in [2.75, 3.05) is 0 Å². The molecule has 0 atom stereocenters. The van der Waals surface area contributed by atoms with Crippen LogP contribution in [0, 0.1) is 0 Å². The van der Waals surface area contributed by atoms with Gasteiger partial charge >= 0.3 is 5.69 Å². The first-order valence-corrected chi connectivity index (χ1v) is 6.24. The molecule has 19 heavy (non-hydrogen) atoms. The molecule has 0 aliphatic rings. The lowest BCUT2D eigenvalue weighted by atomic mass is 10.2. The molecule has 2 aromatic heterocycles. The molecule has 0 unspecified atom stereocenters. The van der Waals surface area contributed by atoms with Crippen molar-refractivity contribution in [1.29, 1.82) is 0 Å². The van der Waals surface area contributed by atoms with E-state index in [1.807, 2.05) is 20.8 Å². The number of aryl methyl sites for hydroxylation is 1. The Hall–Kier alpha value is -2.18. The number of rotatable bonds is 4. The second kappa shape index (κ2) is 5.21. The number of H-pyrrole nitrogens is 1. The fourth-order valence-electron chi connectivity index (χ4n) is 1.71. The van der Waals surface area contributed by atoms with E-state index < -0.39 is 5.69 Å². The lowest BCUT2D eigenvalue weighted by molar-refractivity contribution is 0.506. The summed E-state index contributed by atoms with van der Waals surface area (Å²) in [7, 11) is 0. The molecule has 1 N–H and O–H groups in total. The van der Waals surface area contributed by atoms with E-state index in [9.17, 15) is 9.59 Å². The van der Waals surface area contributed by atoms with Crippen LogP contribution in [-0.2, 0) is 13.1 Å². The van der Waals surface area contributed by atoms with E-state index in [0.29, 0.717) is 12.0 Å². The highest BCUT2D eigenvalue weighted by molar-refractivity contribution is 5.04. The van der Waals surface area contributed by atoms with Crippen molar-refractivity contribution in [3.05, 3.63) is 44.5 Å². The van der Waals surface area contributed by atoms with E-state index in [0.717, 1.165) is 5.69 Å². The average molecular weight is 263 g/mol. The van der Waals surface area contributed by atoms with Gasteiger partial charge in [-0.1, -0.05) is 26.0 Å². The topological polar surface area (TPSA) is 85.6 Å². The van der Waals surface area contributed by atoms with Gasteiger partial charge in [0.15, 0.2) is 0 Å². The van der Waals surface area contributed by atoms with Crippen LogP contribution in [0.15, 0.2) is 22.0 Å². The van der Waals surface area contributed by atoms with Crippen LogP contribution in [0.2, 0.25) is 0 Å². The summed E-state index contributed by atoms with van der Waals surface area (Å²) in [5, 5.41) is 7.99. The van der Waals surface area contributed by atoms with Crippen molar-refractivity contribution in [2.45, 2.75) is 39.8 Å². The van der Waals surface area contributed by atoms with Crippen molar-refractivity contribution in [1.82, 2.24) is 24.5 Å². The van der Waals surface area contributed by atoms with E-state index in [4.69, 9.17) is 0 Å². The molecule has 0 amide bonds. The summed E-state index contributed by atoms with van der Waals surface area (Å²) in [5.41, 5.74) is 0.672. The minimum absolute atomic E-state index is 0.238. The predicted octanol–water partition coefficient (Wildman–Crippen LogP) is 0.320. The molecule has 2 rings (SSSR count). The second-order valence-electron chi connectivity index (χ2n) is 4.72. The summed E-state index contributed by atoms with van der Waals surface area (Å²) in [5.74, 6) is 0.284. The summed E-state index contributed by atoms with van der Waals surface area (Å²) in [6.45, 7) is 6.15. The molecule has 0 saturated carbocycles. The van der Waals surface area contributed by atoms with Crippen LogP contribution in [0.3, 0.4) is 0 Å². The maximum atomic E-state index is 11.7. The van der Waals surface area contributed by atoms with Gasteiger partial charge in [0.05, 0.1) is 11.9 Å². The molecule has 0 aromatic carbocycles. The molecular formula is C12H17N5O2. The highest BCUT2D eigenvalue weighted by Gasteiger charge is 2.07. The smallest absolute Gasteiger partial charge is 0.280 e. The van der Waals surface area contributed by atoms with Crippen molar-refractivity contribution in [3.8, 4) is 0 Å². The Morgan fingerprint density at radius 2 is 2.05 bits per heavy atom. The largest absolute Gasteiger partial charge is 0.329 e. The van der Waals surface area contributed by atoms with Gasteiger partial charge in [0.2, 0.25) is 0 Å². The Morgan fingerprint density at radius 1 is 1.32 bits per heavy atom. The minimum atomic E-state index is -0.441.